The summed E-state index contributed by atoms with van der Waals surface area (Å²) in [6, 6.07) is 3.12. The van der Waals surface area contributed by atoms with Gasteiger partial charge in [-0.05, 0) is 31.6 Å². The van der Waals surface area contributed by atoms with Crippen molar-refractivity contribution in [1.82, 2.24) is 15.3 Å². The van der Waals surface area contributed by atoms with Gasteiger partial charge in [0.2, 0.25) is 5.91 Å². The molecule has 7 nitrogen and oxygen atoms in total. The van der Waals surface area contributed by atoms with E-state index in [0.29, 0.717) is 40.6 Å². The Morgan fingerprint density at radius 1 is 1.37 bits per heavy atom. The van der Waals surface area contributed by atoms with Gasteiger partial charge in [0.15, 0.2) is 0 Å². The number of nitrogens with zero attached hydrogens (tertiary/aromatic N) is 1. The zero-order chi connectivity index (χ0) is 21.1. The molecule has 2 aromatic rings. The summed E-state index contributed by atoms with van der Waals surface area (Å²) in [5.74, 6) is 1.18. The number of ether oxygens (including phenoxy) is 2. The molecule has 0 bridgehead atoms. The molecule has 1 amide bonds. The number of benzene rings is 1. The molecule has 0 spiro atoms. The lowest BCUT2D eigenvalue weighted by atomic mass is 9.92. The number of carbonyl (C=O) groups is 1. The van der Waals surface area contributed by atoms with Gasteiger partial charge >= 0.3 is 0 Å². The fraction of sp³-hybridized carbons (Fsp3) is 0.571. The summed E-state index contributed by atoms with van der Waals surface area (Å²) < 4.78 is 25.7. The normalized spacial score (nSPS) is 21.9. The van der Waals surface area contributed by atoms with Crippen LogP contribution >= 0.6 is 11.8 Å². The maximum absolute atomic E-state index is 14.5. The average molecular weight is 436 g/mol. The van der Waals surface area contributed by atoms with Gasteiger partial charge in [-0.3, -0.25) is 9.59 Å². The first-order chi connectivity index (χ1) is 14.5. The Bertz CT molecular complexity index is 971. The first kappa shape index (κ1) is 21.1. The molecule has 1 saturated carbocycles. The number of halogens is 1. The number of rotatable bonds is 7. The van der Waals surface area contributed by atoms with Crippen LogP contribution in [-0.4, -0.2) is 47.0 Å². The summed E-state index contributed by atoms with van der Waals surface area (Å²) in [4.78, 5) is 30.6. The average Bonchev–Trinajstić information content (AvgIpc) is 2.68. The minimum absolute atomic E-state index is 0.0131. The van der Waals surface area contributed by atoms with E-state index in [2.05, 4.69) is 15.3 Å². The number of H-pyrrole nitrogens is 1. The third-order valence-corrected chi connectivity index (χ3v) is 6.86. The van der Waals surface area contributed by atoms with Crippen LogP contribution in [0.1, 0.15) is 38.4 Å². The Morgan fingerprint density at radius 3 is 2.87 bits per heavy atom. The van der Waals surface area contributed by atoms with Crippen LogP contribution in [0.25, 0.3) is 10.9 Å². The predicted molar refractivity (Wildman–Crippen MR) is 113 cm³/mol. The highest BCUT2D eigenvalue weighted by Gasteiger charge is 2.30. The third kappa shape index (κ3) is 5.13. The second-order valence-electron chi connectivity index (χ2n) is 7.98. The minimum atomic E-state index is -0.625. The monoisotopic (exact) mass is 435 g/mol. The summed E-state index contributed by atoms with van der Waals surface area (Å²) in [7, 11) is 0. The lowest BCUT2D eigenvalue weighted by Crippen LogP contribution is -2.44. The molecule has 1 aromatic carbocycles. The van der Waals surface area contributed by atoms with E-state index in [9.17, 15) is 14.0 Å². The van der Waals surface area contributed by atoms with Crippen molar-refractivity contribution in [2.45, 2.75) is 49.7 Å². The fourth-order valence-electron chi connectivity index (χ4n) is 3.83. The van der Waals surface area contributed by atoms with Crippen LogP contribution in [0.5, 0.6) is 5.75 Å². The molecule has 4 rings (SSSR count). The van der Waals surface area contributed by atoms with E-state index >= 15 is 0 Å². The molecule has 9 heteroatoms. The predicted octanol–water partition coefficient (Wildman–Crippen LogP) is 2.77. The molecule has 1 aliphatic heterocycles. The first-order valence-corrected chi connectivity index (χ1v) is 11.3. The van der Waals surface area contributed by atoms with Crippen molar-refractivity contribution < 1.29 is 18.7 Å². The summed E-state index contributed by atoms with van der Waals surface area (Å²) >= 11 is 1.68. The Balaban J connectivity index is 1.41. The number of thioether (sulfide) groups is 1. The second-order valence-corrected chi connectivity index (χ2v) is 9.27. The Hall–Kier alpha value is -2.13. The quantitative estimate of drug-likeness (QED) is 0.695. The smallest absolute Gasteiger partial charge is 0.261 e. The summed E-state index contributed by atoms with van der Waals surface area (Å²) in [6.45, 7) is 3.47. The standard InChI is InChI=1S/C21H26FN3O4S/c1-12(26)23-14-6-16(7-14)30-11-19-24-18-9-15(8-17(22)20(18)21(27)25-19)29-10-13-2-4-28-5-3-13/h8-9,13-14,16H,2-7,10-11H2,1H3,(H,23,26)(H,24,25,27)/t14-,16-. The molecule has 2 heterocycles. The van der Waals surface area contributed by atoms with Crippen molar-refractivity contribution in [2.24, 2.45) is 5.92 Å². The molecule has 0 unspecified atom stereocenters. The molecule has 1 saturated heterocycles. The van der Waals surface area contributed by atoms with E-state index in [1.807, 2.05) is 0 Å². The van der Waals surface area contributed by atoms with Crippen LogP contribution in [0, 0.1) is 11.7 Å². The van der Waals surface area contributed by atoms with Crippen molar-refractivity contribution in [2.75, 3.05) is 19.8 Å². The number of fused-ring (bicyclic) bond motifs is 1. The van der Waals surface area contributed by atoms with Gasteiger partial charge in [-0.2, -0.15) is 11.8 Å². The van der Waals surface area contributed by atoms with Crippen molar-refractivity contribution >= 4 is 28.6 Å². The topological polar surface area (TPSA) is 93.3 Å². The number of aromatic nitrogens is 2. The zero-order valence-corrected chi connectivity index (χ0v) is 17.7. The maximum Gasteiger partial charge on any atom is 0.261 e. The number of amides is 1. The molecule has 2 N–H and O–H groups in total. The van der Waals surface area contributed by atoms with E-state index in [1.54, 1.807) is 17.8 Å². The van der Waals surface area contributed by atoms with Crippen LogP contribution in [0.2, 0.25) is 0 Å². The number of aromatic amines is 1. The van der Waals surface area contributed by atoms with Gasteiger partial charge in [0, 0.05) is 43.6 Å². The van der Waals surface area contributed by atoms with Crippen LogP contribution in [0.3, 0.4) is 0 Å². The summed E-state index contributed by atoms with van der Waals surface area (Å²) in [6.07, 6.45) is 3.67. The highest BCUT2D eigenvalue weighted by atomic mass is 32.2. The highest BCUT2D eigenvalue weighted by molar-refractivity contribution is 7.99. The Labute approximate surface area is 178 Å². The molecule has 0 atom stereocenters. The van der Waals surface area contributed by atoms with Crippen molar-refractivity contribution in [3.8, 4) is 5.75 Å². The van der Waals surface area contributed by atoms with Crippen molar-refractivity contribution in [1.29, 1.82) is 0 Å². The van der Waals surface area contributed by atoms with Gasteiger partial charge in [-0.1, -0.05) is 0 Å². The third-order valence-electron chi connectivity index (χ3n) is 5.57. The first-order valence-electron chi connectivity index (χ1n) is 10.3. The maximum atomic E-state index is 14.5. The van der Waals surface area contributed by atoms with E-state index in [-0.39, 0.29) is 17.3 Å². The molecule has 1 aromatic heterocycles. The number of nitrogens with one attached hydrogen (secondary N) is 2. The molecule has 0 radical (unpaired) electrons. The molecule has 2 aliphatic rings. The molecule has 1 aliphatic carbocycles. The molecule has 30 heavy (non-hydrogen) atoms. The molecule has 2 fully saturated rings. The molecular formula is C21H26FN3O4S. The minimum Gasteiger partial charge on any atom is -0.493 e. The van der Waals surface area contributed by atoms with Crippen molar-refractivity contribution in [3.63, 3.8) is 0 Å². The van der Waals surface area contributed by atoms with Gasteiger partial charge in [0.25, 0.3) is 5.56 Å². The second kappa shape index (κ2) is 9.34. The van der Waals surface area contributed by atoms with E-state index in [0.717, 1.165) is 38.9 Å². The van der Waals surface area contributed by atoms with Crippen LogP contribution in [0.15, 0.2) is 16.9 Å². The van der Waals surface area contributed by atoms with Crippen LogP contribution in [-0.2, 0) is 15.3 Å². The van der Waals surface area contributed by atoms with E-state index in [4.69, 9.17) is 9.47 Å². The van der Waals surface area contributed by atoms with E-state index in [1.165, 1.54) is 13.0 Å². The number of hydrogen-bond acceptors (Lipinski definition) is 6. The molecule has 162 valence electrons. The summed E-state index contributed by atoms with van der Waals surface area (Å²) in [5, 5.41) is 3.27. The van der Waals surface area contributed by atoms with E-state index < -0.39 is 11.4 Å². The lowest BCUT2D eigenvalue weighted by Gasteiger charge is -2.35. The van der Waals surface area contributed by atoms with Crippen LogP contribution < -0.4 is 15.6 Å². The number of hydrogen-bond donors (Lipinski definition) is 2. The van der Waals surface area contributed by atoms with Crippen molar-refractivity contribution in [3.05, 3.63) is 34.1 Å². The Kier molecular flexibility index (Phi) is 6.58. The van der Waals surface area contributed by atoms with Gasteiger partial charge in [0.1, 0.15) is 22.8 Å². The van der Waals surface area contributed by atoms with Gasteiger partial charge < -0.3 is 19.8 Å². The largest absolute Gasteiger partial charge is 0.493 e. The SMILES string of the molecule is CC(=O)N[C@H]1C[C@H](SCc2nc3cc(OCC4CCOCC4)cc(F)c3c(=O)[nH]2)C1. The highest BCUT2D eigenvalue weighted by Crippen LogP contribution is 2.33. The van der Waals surface area contributed by atoms with Gasteiger partial charge in [-0.15, -0.1) is 0 Å². The van der Waals surface area contributed by atoms with Gasteiger partial charge in [-0.25, -0.2) is 9.37 Å². The lowest BCUT2D eigenvalue weighted by molar-refractivity contribution is -0.120. The zero-order valence-electron chi connectivity index (χ0n) is 16.9. The summed E-state index contributed by atoms with van der Waals surface area (Å²) in [5.41, 5.74) is -0.171. The number of carbonyl (C=O) groups excluding carboxylic acids is 1. The van der Waals surface area contributed by atoms with Gasteiger partial charge in [0.05, 0.1) is 17.9 Å². The Morgan fingerprint density at radius 2 is 2.13 bits per heavy atom. The fourth-order valence-corrected chi connectivity index (χ4v) is 5.10. The molecular weight excluding hydrogens is 409 g/mol. The van der Waals surface area contributed by atoms with Crippen LogP contribution in [0.4, 0.5) is 4.39 Å².